The second kappa shape index (κ2) is 13.8. The third-order valence-electron chi connectivity index (χ3n) is 6.36. The molecular formula is C28H42N2O4. The molecule has 1 saturated heterocycles. The highest BCUT2D eigenvalue weighted by molar-refractivity contribution is 5.64. The zero-order chi connectivity index (χ0) is 24.2. The summed E-state index contributed by atoms with van der Waals surface area (Å²) in [5.41, 5.74) is 2.07. The maximum absolute atomic E-state index is 10.00. The zero-order valence-corrected chi connectivity index (χ0v) is 21.0. The minimum absolute atomic E-state index is 0.232. The highest BCUT2D eigenvalue weighted by Crippen LogP contribution is 2.36. The summed E-state index contributed by atoms with van der Waals surface area (Å²) < 4.78 is 12.1. The highest BCUT2D eigenvalue weighted by atomic mass is 16.5. The number of nitrogens with zero attached hydrogens (tertiary/aromatic N) is 2. The van der Waals surface area contributed by atoms with Gasteiger partial charge in [0.25, 0.3) is 0 Å². The quantitative estimate of drug-likeness (QED) is 0.314. The Morgan fingerprint density at radius 2 is 1.03 bits per heavy atom. The Balaban J connectivity index is 1.60. The van der Waals surface area contributed by atoms with Crippen LogP contribution in [0.2, 0.25) is 0 Å². The molecule has 1 fully saturated rings. The molecule has 188 valence electrons. The molecule has 3 rings (SSSR count). The minimum atomic E-state index is 0.232. The topological polar surface area (TPSA) is 65.4 Å². The molecule has 2 N–H and O–H groups in total. The first-order valence-electron chi connectivity index (χ1n) is 13.0. The highest BCUT2D eigenvalue weighted by Gasteiger charge is 2.22. The van der Waals surface area contributed by atoms with Crippen molar-refractivity contribution in [1.82, 2.24) is 0 Å². The molecule has 0 radical (unpaired) electrons. The van der Waals surface area contributed by atoms with Crippen molar-refractivity contribution in [1.29, 1.82) is 0 Å². The van der Waals surface area contributed by atoms with E-state index in [0.717, 1.165) is 61.9 Å². The molecule has 2 aromatic rings. The number of unbranched alkanes of at least 4 members (excludes halogenated alkanes) is 6. The summed E-state index contributed by atoms with van der Waals surface area (Å²) in [7, 11) is 0. The lowest BCUT2D eigenvalue weighted by Crippen LogP contribution is -2.46. The Bertz CT molecular complexity index is 794. The first kappa shape index (κ1) is 25.9. The molecule has 34 heavy (non-hydrogen) atoms. The van der Waals surface area contributed by atoms with E-state index in [2.05, 4.69) is 23.6 Å². The molecular weight excluding hydrogens is 428 g/mol. The van der Waals surface area contributed by atoms with Gasteiger partial charge >= 0.3 is 0 Å². The van der Waals surface area contributed by atoms with Gasteiger partial charge in [0.2, 0.25) is 0 Å². The van der Waals surface area contributed by atoms with E-state index < -0.39 is 0 Å². The van der Waals surface area contributed by atoms with Crippen LogP contribution >= 0.6 is 0 Å². The maximum atomic E-state index is 10.00. The third kappa shape index (κ3) is 7.64. The van der Waals surface area contributed by atoms with Crippen molar-refractivity contribution < 1.29 is 19.7 Å². The minimum Gasteiger partial charge on any atom is -0.508 e. The zero-order valence-electron chi connectivity index (χ0n) is 21.0. The van der Waals surface area contributed by atoms with E-state index in [-0.39, 0.29) is 11.5 Å². The van der Waals surface area contributed by atoms with E-state index >= 15 is 0 Å². The molecule has 1 aliphatic rings. The van der Waals surface area contributed by atoms with Gasteiger partial charge in [-0.25, -0.2) is 0 Å². The lowest BCUT2D eigenvalue weighted by atomic mass is 10.2. The summed E-state index contributed by atoms with van der Waals surface area (Å²) >= 11 is 0. The fraction of sp³-hybridized carbons (Fsp3) is 0.571. The summed E-state index contributed by atoms with van der Waals surface area (Å²) in [5, 5.41) is 20.0. The number of piperazine rings is 1. The number of ether oxygens (including phenoxy) is 2. The molecule has 0 amide bonds. The number of aromatic hydroxyl groups is 2. The smallest absolute Gasteiger partial charge is 0.146 e. The maximum Gasteiger partial charge on any atom is 0.146 e. The normalized spacial score (nSPS) is 13.8. The van der Waals surface area contributed by atoms with E-state index in [1.807, 2.05) is 12.1 Å². The van der Waals surface area contributed by atoms with Gasteiger partial charge < -0.3 is 29.5 Å². The van der Waals surface area contributed by atoms with Crippen LogP contribution < -0.4 is 19.3 Å². The first-order chi connectivity index (χ1) is 16.6. The molecule has 1 heterocycles. The van der Waals surface area contributed by atoms with Crippen LogP contribution in [0.15, 0.2) is 36.4 Å². The molecule has 6 heteroatoms. The predicted molar refractivity (Wildman–Crippen MR) is 140 cm³/mol. The van der Waals surface area contributed by atoms with Gasteiger partial charge in [0, 0.05) is 38.3 Å². The lowest BCUT2D eigenvalue weighted by molar-refractivity contribution is 0.302. The molecule has 0 saturated carbocycles. The van der Waals surface area contributed by atoms with Crippen LogP contribution in [-0.2, 0) is 0 Å². The van der Waals surface area contributed by atoms with Crippen LogP contribution in [0, 0.1) is 0 Å². The van der Waals surface area contributed by atoms with E-state index in [9.17, 15) is 10.2 Å². The third-order valence-corrected chi connectivity index (χ3v) is 6.36. The molecule has 1 aliphatic heterocycles. The van der Waals surface area contributed by atoms with Gasteiger partial charge in [0.15, 0.2) is 0 Å². The van der Waals surface area contributed by atoms with E-state index in [1.54, 1.807) is 24.3 Å². The number of phenols is 2. The average Bonchev–Trinajstić information content (AvgIpc) is 2.84. The van der Waals surface area contributed by atoms with Gasteiger partial charge in [0.1, 0.15) is 23.0 Å². The second-order valence-corrected chi connectivity index (χ2v) is 9.10. The number of benzene rings is 2. The summed E-state index contributed by atoms with van der Waals surface area (Å²) in [5.74, 6) is 1.97. The summed E-state index contributed by atoms with van der Waals surface area (Å²) in [6.45, 7) is 9.11. The number of hydrogen-bond donors (Lipinski definition) is 2. The van der Waals surface area contributed by atoms with Crippen LogP contribution in [-0.4, -0.2) is 49.6 Å². The lowest BCUT2D eigenvalue weighted by Gasteiger charge is -2.38. The van der Waals surface area contributed by atoms with Gasteiger partial charge in [0.05, 0.1) is 24.6 Å². The summed E-state index contributed by atoms with van der Waals surface area (Å²) in [6, 6.07) is 10.8. The molecule has 0 bridgehead atoms. The molecule has 2 aromatic carbocycles. The van der Waals surface area contributed by atoms with Gasteiger partial charge in [-0.2, -0.15) is 0 Å². The Morgan fingerprint density at radius 3 is 1.41 bits per heavy atom. The van der Waals surface area contributed by atoms with Gasteiger partial charge in [-0.1, -0.05) is 52.4 Å². The van der Waals surface area contributed by atoms with Crippen LogP contribution in [0.1, 0.15) is 65.2 Å². The van der Waals surface area contributed by atoms with Crippen molar-refractivity contribution in [3.8, 4) is 23.0 Å². The number of rotatable bonds is 14. The summed E-state index contributed by atoms with van der Waals surface area (Å²) in [6.07, 6.45) is 9.23. The van der Waals surface area contributed by atoms with Crippen LogP contribution in [0.5, 0.6) is 23.0 Å². The number of hydrogen-bond acceptors (Lipinski definition) is 6. The monoisotopic (exact) mass is 470 g/mol. The van der Waals surface area contributed by atoms with Crippen LogP contribution in [0.3, 0.4) is 0 Å². The fourth-order valence-corrected chi connectivity index (χ4v) is 4.37. The van der Waals surface area contributed by atoms with Crippen molar-refractivity contribution in [3.05, 3.63) is 36.4 Å². The average molecular weight is 471 g/mol. The Morgan fingerprint density at radius 1 is 0.618 bits per heavy atom. The fourth-order valence-electron chi connectivity index (χ4n) is 4.37. The van der Waals surface area contributed by atoms with Gasteiger partial charge in [-0.15, -0.1) is 0 Å². The Kier molecular flexibility index (Phi) is 10.5. The van der Waals surface area contributed by atoms with Gasteiger partial charge in [-0.3, -0.25) is 0 Å². The standard InChI is InChI=1S/C28H42N2O4/c1-3-5-7-9-19-33-27-21-23(31)11-13-25(27)29-15-17-30(18-16-29)26-14-12-24(32)22-28(26)34-20-10-8-6-4-2/h11-14,21-22,31-32H,3-10,15-20H2,1-2H3. The number of phenolic OH excluding ortho intramolecular Hbond substituents is 2. The van der Waals surface area contributed by atoms with E-state index in [0.29, 0.717) is 13.2 Å². The Hall–Kier alpha value is -2.76. The predicted octanol–water partition coefficient (Wildman–Crippen LogP) is 6.34. The van der Waals surface area contributed by atoms with E-state index in [1.165, 1.54) is 38.5 Å². The Labute approximate surface area is 205 Å². The van der Waals surface area contributed by atoms with Crippen molar-refractivity contribution >= 4 is 11.4 Å². The van der Waals surface area contributed by atoms with Crippen LogP contribution in [0.4, 0.5) is 11.4 Å². The largest absolute Gasteiger partial charge is 0.508 e. The van der Waals surface area contributed by atoms with Crippen LogP contribution in [0.25, 0.3) is 0 Å². The molecule has 0 aromatic heterocycles. The molecule has 0 spiro atoms. The molecule has 0 unspecified atom stereocenters. The van der Waals surface area contributed by atoms with Crippen molar-refractivity contribution in [2.75, 3.05) is 49.2 Å². The second-order valence-electron chi connectivity index (χ2n) is 9.10. The van der Waals surface area contributed by atoms with Crippen molar-refractivity contribution in [2.24, 2.45) is 0 Å². The molecule has 6 nitrogen and oxygen atoms in total. The van der Waals surface area contributed by atoms with Crippen molar-refractivity contribution in [3.63, 3.8) is 0 Å². The summed E-state index contributed by atoms with van der Waals surface area (Å²) in [4.78, 5) is 4.64. The van der Waals surface area contributed by atoms with E-state index in [4.69, 9.17) is 9.47 Å². The SMILES string of the molecule is CCCCCCOc1cc(O)ccc1N1CCN(c2ccc(O)cc2OCCCCCC)CC1. The number of anilines is 2. The van der Waals surface area contributed by atoms with Crippen molar-refractivity contribution in [2.45, 2.75) is 65.2 Å². The first-order valence-corrected chi connectivity index (χ1v) is 13.0. The van der Waals surface area contributed by atoms with Gasteiger partial charge in [-0.05, 0) is 37.1 Å². The molecule has 0 aliphatic carbocycles. The molecule has 0 atom stereocenters.